The third-order valence-corrected chi connectivity index (χ3v) is 0. The van der Waals surface area contributed by atoms with Gasteiger partial charge in [-0.25, -0.2) is 0 Å². The van der Waals surface area contributed by atoms with Crippen LogP contribution in [0.4, 0.5) is 0 Å². The molecule has 7 heteroatoms. The first-order valence-electron chi connectivity index (χ1n) is 0. The normalized spacial score (nSPS) is 0. The number of rotatable bonds is 0. The molecule has 0 fully saturated rings. The molecule has 4 nitrogen and oxygen atoms in total. The minimum Gasteiger partial charge on any atom is -2.00 e. The van der Waals surface area contributed by atoms with E-state index in [1.54, 1.807) is 0 Å². The van der Waals surface area contributed by atoms with Gasteiger partial charge in [-0.1, -0.05) is 0 Å². The van der Waals surface area contributed by atoms with Crippen molar-refractivity contribution in [1.82, 2.24) is 0 Å². The fourth-order valence-corrected chi connectivity index (χ4v) is 0. The van der Waals surface area contributed by atoms with E-state index in [4.69, 9.17) is 0 Å². The largest absolute Gasteiger partial charge is 3.00 e. The van der Waals surface area contributed by atoms with Gasteiger partial charge in [0.1, 0.15) is 0 Å². The van der Waals surface area contributed by atoms with Crippen LogP contribution in [-0.2, 0) is 41.4 Å². The third-order valence-electron chi connectivity index (χ3n) is 0. The predicted molar refractivity (Wildman–Crippen MR) is 14.3 cm³/mol. The minimum absolute atomic E-state index is 0. The summed E-state index contributed by atoms with van der Waals surface area (Å²) in [5.41, 5.74) is 0. The van der Waals surface area contributed by atoms with Gasteiger partial charge in [0, 0.05) is 0 Å². The molecule has 34 valence electrons. The quantitative estimate of drug-likeness (QED) is 0.409. The summed E-state index contributed by atoms with van der Waals surface area (Å²) in [4.78, 5) is 0. The topological polar surface area (TPSA) is 114 Å². The van der Waals surface area contributed by atoms with E-state index in [1.807, 2.05) is 0 Å². The molecule has 0 bridgehead atoms. The second-order valence-electron chi connectivity index (χ2n) is 0. The molecular formula is BiInO4Zn. The molecule has 7 heavy (non-hydrogen) atoms. The molecule has 0 aliphatic heterocycles. The average molecular weight is 453 g/mol. The summed E-state index contributed by atoms with van der Waals surface area (Å²) in [7, 11) is 0. The van der Waals surface area contributed by atoms with Gasteiger partial charge in [-0.05, 0) is 0 Å². The van der Waals surface area contributed by atoms with Crippen molar-refractivity contribution in [2.75, 3.05) is 0 Å². The van der Waals surface area contributed by atoms with Crippen molar-refractivity contribution < 1.29 is 41.4 Å². The van der Waals surface area contributed by atoms with Crippen LogP contribution < -0.4 is 0 Å². The Balaban J connectivity index is 0. The zero-order valence-corrected chi connectivity index (χ0v) is 13.1. The van der Waals surface area contributed by atoms with Crippen molar-refractivity contribution in [3.8, 4) is 0 Å². The smallest absolute Gasteiger partial charge is 2.00 e. The molecule has 0 N–H and O–H groups in total. The van der Waals surface area contributed by atoms with E-state index < -0.39 is 0 Å². The standard InChI is InChI=1S/Bi.In.4O.Zn/q2*+3;4*-2;+2. The van der Waals surface area contributed by atoms with Gasteiger partial charge in [0.25, 0.3) is 0 Å². The van der Waals surface area contributed by atoms with Crippen LogP contribution >= 0.6 is 0 Å². The van der Waals surface area contributed by atoms with Crippen molar-refractivity contribution in [2.45, 2.75) is 0 Å². The summed E-state index contributed by atoms with van der Waals surface area (Å²) in [5, 5.41) is 0. The zero-order valence-electron chi connectivity index (χ0n) is 3.36. The van der Waals surface area contributed by atoms with Gasteiger partial charge in [-0.3, -0.25) is 0 Å². The van der Waals surface area contributed by atoms with Crippen LogP contribution in [0.5, 0.6) is 0 Å². The maximum atomic E-state index is 0. The number of hydrogen-bond donors (Lipinski definition) is 0. The Labute approximate surface area is 92.3 Å². The van der Waals surface area contributed by atoms with Crippen LogP contribution in [0.2, 0.25) is 0 Å². The summed E-state index contributed by atoms with van der Waals surface area (Å²) in [6, 6.07) is 0. The predicted octanol–water partition coefficient (Wildman–Crippen LogP) is -1.24. The van der Waals surface area contributed by atoms with Crippen LogP contribution in [0.25, 0.3) is 0 Å². The van der Waals surface area contributed by atoms with Gasteiger partial charge < -0.3 is 21.9 Å². The van der Waals surface area contributed by atoms with Gasteiger partial charge >= 0.3 is 71.5 Å². The molecule has 0 spiro atoms. The van der Waals surface area contributed by atoms with Gasteiger partial charge in [0.05, 0.1) is 0 Å². The maximum Gasteiger partial charge on any atom is 3.00 e. The molecule has 0 rings (SSSR count). The molecule has 0 aromatic rings. The molecule has 2 radical (unpaired) electrons. The van der Waals surface area contributed by atoms with E-state index >= 15 is 0 Å². The fraction of sp³-hybridized carbons (Fsp3) is 0. The fourth-order valence-electron chi connectivity index (χ4n) is 0. The molecular weight excluding hydrogens is 453 g/mol. The molecule has 0 saturated carbocycles. The van der Waals surface area contributed by atoms with Gasteiger partial charge in [-0.15, -0.1) is 0 Å². The zero-order chi connectivity index (χ0) is 0. The maximum absolute atomic E-state index is 0. The Hall–Kier alpha value is 2.22. The van der Waals surface area contributed by atoms with Crippen LogP contribution in [0.1, 0.15) is 0 Å². The molecule has 0 saturated heterocycles. The first-order valence-corrected chi connectivity index (χ1v) is 0. The first-order chi connectivity index (χ1) is 0. The second kappa shape index (κ2) is 87.1. The first kappa shape index (κ1) is 127. The average Bonchev–Trinajstić information content (AvgIpc) is 0. The molecule has 0 aliphatic carbocycles. The molecule has 0 aromatic carbocycles. The van der Waals surface area contributed by atoms with Crippen molar-refractivity contribution in [3.05, 3.63) is 0 Å². The number of hydrogen-bond acceptors (Lipinski definition) is 0. The van der Waals surface area contributed by atoms with Crippen LogP contribution in [0.3, 0.4) is 0 Å². The summed E-state index contributed by atoms with van der Waals surface area (Å²) in [5.74, 6) is 0. The van der Waals surface area contributed by atoms with E-state index in [2.05, 4.69) is 0 Å². The molecule has 0 amide bonds. The summed E-state index contributed by atoms with van der Waals surface area (Å²) in [6.45, 7) is 0. The second-order valence-corrected chi connectivity index (χ2v) is 0. The van der Waals surface area contributed by atoms with Crippen LogP contribution in [-0.4, -0.2) is 52.0 Å². The Morgan fingerprint density at radius 3 is 0.571 bits per heavy atom. The van der Waals surface area contributed by atoms with E-state index in [0.29, 0.717) is 0 Å². The van der Waals surface area contributed by atoms with E-state index in [0.717, 1.165) is 0 Å². The molecule has 0 aromatic heterocycles. The van der Waals surface area contributed by atoms with Crippen LogP contribution in [0, 0.1) is 0 Å². The SMILES string of the molecule is [Bi+3].[In+3].[O-2].[O-2].[O-2].[O-2].[Zn+2]. The summed E-state index contributed by atoms with van der Waals surface area (Å²) < 4.78 is 0. The van der Waals surface area contributed by atoms with Crippen molar-refractivity contribution in [3.63, 3.8) is 0 Å². The Morgan fingerprint density at radius 1 is 0.571 bits per heavy atom. The van der Waals surface area contributed by atoms with E-state index in [-0.39, 0.29) is 93.4 Å². The van der Waals surface area contributed by atoms with Gasteiger partial charge in [0.2, 0.25) is 0 Å². The summed E-state index contributed by atoms with van der Waals surface area (Å²) in [6.07, 6.45) is 0. The van der Waals surface area contributed by atoms with Crippen molar-refractivity contribution in [1.29, 1.82) is 0 Å². The Bertz CT molecular complexity index is 11.7. The molecule has 0 aliphatic rings. The summed E-state index contributed by atoms with van der Waals surface area (Å²) >= 11 is 0. The van der Waals surface area contributed by atoms with E-state index in [1.165, 1.54) is 0 Å². The third kappa shape index (κ3) is 64.6. The van der Waals surface area contributed by atoms with Crippen molar-refractivity contribution in [2.24, 2.45) is 0 Å². The Morgan fingerprint density at radius 2 is 0.571 bits per heavy atom. The van der Waals surface area contributed by atoms with E-state index in [9.17, 15) is 0 Å². The van der Waals surface area contributed by atoms with Gasteiger partial charge in [-0.2, -0.15) is 0 Å². The molecule has 0 atom stereocenters. The molecule has 0 unspecified atom stereocenters. The van der Waals surface area contributed by atoms with Crippen molar-refractivity contribution >= 4 is 52.0 Å². The minimum atomic E-state index is 0. The monoisotopic (exact) mass is 452 g/mol. The van der Waals surface area contributed by atoms with Crippen LogP contribution in [0.15, 0.2) is 0 Å². The Kier molecular flexibility index (Phi) is 1580. The van der Waals surface area contributed by atoms with Gasteiger partial charge in [0.15, 0.2) is 0 Å². The molecule has 0 heterocycles.